The summed E-state index contributed by atoms with van der Waals surface area (Å²) in [5, 5.41) is 7.28. The molecule has 3 rings (SSSR count). The fraction of sp³-hybridized carbons (Fsp3) is 0.524. The first kappa shape index (κ1) is 23.7. The highest BCUT2D eigenvalue weighted by Gasteiger charge is 2.27. The van der Waals surface area contributed by atoms with Crippen molar-refractivity contribution in [3.05, 3.63) is 41.2 Å². The largest absolute Gasteiger partial charge is 0.325 e. The quantitative estimate of drug-likeness (QED) is 0.612. The van der Waals surface area contributed by atoms with Gasteiger partial charge in [0.25, 0.3) is 0 Å². The first-order valence-corrected chi connectivity index (χ1v) is 12.3. The molecule has 0 unspecified atom stereocenters. The molecule has 8 nitrogen and oxygen atoms in total. The molecule has 1 saturated heterocycles. The van der Waals surface area contributed by atoms with Gasteiger partial charge in [0, 0.05) is 57.4 Å². The third-order valence-corrected chi connectivity index (χ3v) is 7.64. The molecule has 10 heteroatoms. The number of anilines is 1. The predicted molar refractivity (Wildman–Crippen MR) is 121 cm³/mol. The van der Waals surface area contributed by atoms with Crippen LogP contribution in [0.5, 0.6) is 0 Å². The SMILES string of the molecule is CC(C)N(CCC(=O)Nc1cc(S(=O)(=O)N2CCCC2)ccc1Cl)Cc1cnn(C)c1. The van der Waals surface area contributed by atoms with Crippen molar-refractivity contribution in [1.82, 2.24) is 19.0 Å². The van der Waals surface area contributed by atoms with Crippen LogP contribution in [0.1, 0.15) is 38.7 Å². The van der Waals surface area contributed by atoms with Gasteiger partial charge in [-0.3, -0.25) is 14.4 Å². The van der Waals surface area contributed by atoms with Crippen molar-refractivity contribution in [2.24, 2.45) is 7.05 Å². The van der Waals surface area contributed by atoms with Crippen LogP contribution in [0.4, 0.5) is 5.69 Å². The average molecular weight is 468 g/mol. The summed E-state index contributed by atoms with van der Waals surface area (Å²) in [4.78, 5) is 14.9. The molecule has 0 bridgehead atoms. The molecule has 1 N–H and O–H groups in total. The fourth-order valence-corrected chi connectivity index (χ4v) is 5.31. The molecule has 1 aromatic heterocycles. The van der Waals surface area contributed by atoms with Gasteiger partial charge in [0.05, 0.1) is 21.8 Å². The Morgan fingerprint density at radius 3 is 2.61 bits per heavy atom. The minimum absolute atomic E-state index is 0.148. The Balaban J connectivity index is 1.64. The molecule has 1 amide bonds. The average Bonchev–Trinajstić information content (AvgIpc) is 3.38. The van der Waals surface area contributed by atoms with E-state index >= 15 is 0 Å². The molecule has 0 saturated carbocycles. The minimum atomic E-state index is -3.58. The molecule has 1 fully saturated rings. The van der Waals surface area contributed by atoms with Gasteiger partial charge in [-0.05, 0) is 44.9 Å². The third kappa shape index (κ3) is 6.06. The first-order chi connectivity index (χ1) is 14.7. The van der Waals surface area contributed by atoms with Crippen molar-refractivity contribution in [2.45, 2.75) is 50.6 Å². The van der Waals surface area contributed by atoms with Crippen LogP contribution in [0.2, 0.25) is 5.02 Å². The van der Waals surface area contributed by atoms with E-state index in [0.29, 0.717) is 36.9 Å². The molecule has 2 aromatic rings. The maximum Gasteiger partial charge on any atom is 0.243 e. The molecule has 0 spiro atoms. The summed E-state index contributed by atoms with van der Waals surface area (Å²) in [5.74, 6) is -0.213. The number of aryl methyl sites for hydroxylation is 1. The highest BCUT2D eigenvalue weighted by atomic mass is 35.5. The molecule has 1 aliphatic heterocycles. The lowest BCUT2D eigenvalue weighted by Gasteiger charge is -2.25. The second kappa shape index (κ2) is 10.1. The topological polar surface area (TPSA) is 87.5 Å². The van der Waals surface area contributed by atoms with E-state index in [1.165, 1.54) is 22.5 Å². The van der Waals surface area contributed by atoms with E-state index in [1.807, 2.05) is 19.4 Å². The highest BCUT2D eigenvalue weighted by molar-refractivity contribution is 7.89. The second-order valence-corrected chi connectivity index (χ2v) is 10.5. The van der Waals surface area contributed by atoms with E-state index in [9.17, 15) is 13.2 Å². The zero-order valence-electron chi connectivity index (χ0n) is 18.2. The first-order valence-electron chi connectivity index (χ1n) is 10.5. The summed E-state index contributed by atoms with van der Waals surface area (Å²) in [6.07, 6.45) is 5.77. The van der Waals surface area contributed by atoms with Crippen LogP contribution in [0, 0.1) is 0 Å². The maximum atomic E-state index is 12.8. The summed E-state index contributed by atoms with van der Waals surface area (Å²) in [6, 6.07) is 4.71. The van der Waals surface area contributed by atoms with Crippen molar-refractivity contribution in [3.63, 3.8) is 0 Å². The van der Waals surface area contributed by atoms with E-state index < -0.39 is 10.0 Å². The van der Waals surface area contributed by atoms with E-state index in [4.69, 9.17) is 11.6 Å². The van der Waals surface area contributed by atoms with Crippen LogP contribution in [-0.2, 0) is 28.4 Å². The normalized spacial score (nSPS) is 15.2. The Morgan fingerprint density at radius 2 is 2.00 bits per heavy atom. The van der Waals surface area contributed by atoms with E-state index in [0.717, 1.165) is 18.4 Å². The summed E-state index contributed by atoms with van der Waals surface area (Å²) in [5.41, 5.74) is 1.40. The number of nitrogens with zero attached hydrogens (tertiary/aromatic N) is 4. The van der Waals surface area contributed by atoms with Crippen LogP contribution in [0.25, 0.3) is 0 Å². The van der Waals surface area contributed by atoms with Crippen LogP contribution in [-0.4, -0.2) is 59.0 Å². The number of benzene rings is 1. The Kier molecular flexibility index (Phi) is 7.74. The van der Waals surface area contributed by atoms with Crippen molar-refractivity contribution >= 4 is 33.2 Å². The zero-order valence-corrected chi connectivity index (χ0v) is 19.8. The number of carbonyl (C=O) groups excluding carboxylic acids is 1. The molecule has 0 radical (unpaired) electrons. The lowest BCUT2D eigenvalue weighted by molar-refractivity contribution is -0.116. The van der Waals surface area contributed by atoms with Crippen LogP contribution in [0.15, 0.2) is 35.5 Å². The Morgan fingerprint density at radius 1 is 1.29 bits per heavy atom. The second-order valence-electron chi connectivity index (χ2n) is 8.14. The number of carbonyl (C=O) groups is 1. The number of hydrogen-bond acceptors (Lipinski definition) is 5. The number of amides is 1. The van der Waals surface area contributed by atoms with Crippen LogP contribution < -0.4 is 5.32 Å². The molecule has 2 heterocycles. The Hall–Kier alpha value is -1.94. The van der Waals surface area contributed by atoms with Crippen molar-refractivity contribution in [3.8, 4) is 0 Å². The van der Waals surface area contributed by atoms with Gasteiger partial charge in [0.2, 0.25) is 15.9 Å². The van der Waals surface area contributed by atoms with Gasteiger partial charge >= 0.3 is 0 Å². The number of sulfonamides is 1. The Labute approximate surface area is 189 Å². The van der Waals surface area contributed by atoms with Gasteiger partial charge in [-0.15, -0.1) is 0 Å². The number of nitrogens with one attached hydrogen (secondary N) is 1. The van der Waals surface area contributed by atoms with Gasteiger partial charge in [0.15, 0.2) is 0 Å². The molecular weight excluding hydrogens is 438 g/mol. The zero-order chi connectivity index (χ0) is 22.6. The van der Waals surface area contributed by atoms with E-state index in [-0.39, 0.29) is 23.3 Å². The molecule has 1 aliphatic rings. The van der Waals surface area contributed by atoms with Gasteiger partial charge in [-0.1, -0.05) is 11.6 Å². The number of rotatable bonds is 9. The number of halogens is 1. The summed E-state index contributed by atoms with van der Waals surface area (Å²) < 4.78 is 28.8. The van der Waals surface area contributed by atoms with Gasteiger partial charge in [0.1, 0.15) is 0 Å². The summed E-state index contributed by atoms with van der Waals surface area (Å²) >= 11 is 6.23. The molecule has 1 aromatic carbocycles. The summed E-state index contributed by atoms with van der Waals surface area (Å²) in [6.45, 7) is 6.46. The molecule has 31 heavy (non-hydrogen) atoms. The van der Waals surface area contributed by atoms with Crippen molar-refractivity contribution in [1.29, 1.82) is 0 Å². The monoisotopic (exact) mass is 467 g/mol. The number of aromatic nitrogens is 2. The molecule has 0 atom stereocenters. The minimum Gasteiger partial charge on any atom is -0.325 e. The molecule has 0 aliphatic carbocycles. The molecule has 170 valence electrons. The number of hydrogen-bond donors (Lipinski definition) is 1. The molecular formula is C21H30ClN5O3S. The summed E-state index contributed by atoms with van der Waals surface area (Å²) in [7, 11) is -1.70. The van der Waals surface area contributed by atoms with Gasteiger partial charge in [-0.25, -0.2) is 8.42 Å². The van der Waals surface area contributed by atoms with Crippen LogP contribution >= 0.6 is 11.6 Å². The smallest absolute Gasteiger partial charge is 0.243 e. The van der Waals surface area contributed by atoms with E-state index in [2.05, 4.69) is 29.2 Å². The van der Waals surface area contributed by atoms with Crippen molar-refractivity contribution < 1.29 is 13.2 Å². The standard InChI is InChI=1S/C21H30ClN5O3S/c1-16(2)26(15-17-13-23-25(3)14-17)11-8-21(28)24-20-12-18(6-7-19(20)22)31(29,30)27-9-4-5-10-27/h6-7,12-14,16H,4-5,8-11,15H2,1-3H3,(H,24,28). The highest BCUT2D eigenvalue weighted by Crippen LogP contribution is 2.28. The van der Waals surface area contributed by atoms with Gasteiger partial charge < -0.3 is 5.32 Å². The lowest BCUT2D eigenvalue weighted by atomic mass is 10.2. The van der Waals surface area contributed by atoms with Crippen molar-refractivity contribution in [2.75, 3.05) is 25.0 Å². The maximum absolute atomic E-state index is 12.8. The lowest BCUT2D eigenvalue weighted by Crippen LogP contribution is -2.33. The Bertz CT molecular complexity index is 1020. The fourth-order valence-electron chi connectivity index (χ4n) is 3.60. The predicted octanol–water partition coefficient (Wildman–Crippen LogP) is 3.10. The van der Waals surface area contributed by atoms with Gasteiger partial charge in [-0.2, -0.15) is 9.40 Å². The third-order valence-electron chi connectivity index (χ3n) is 5.42. The van der Waals surface area contributed by atoms with E-state index in [1.54, 1.807) is 4.68 Å². The van der Waals surface area contributed by atoms with Crippen LogP contribution in [0.3, 0.4) is 0 Å².